The van der Waals surface area contributed by atoms with E-state index in [0.717, 1.165) is 6.42 Å². The fourth-order valence-corrected chi connectivity index (χ4v) is 5.42. The van der Waals surface area contributed by atoms with Crippen molar-refractivity contribution in [3.8, 4) is 0 Å². The number of fused-ring (bicyclic) bond motifs is 1. The van der Waals surface area contributed by atoms with Gasteiger partial charge in [-0.15, -0.1) is 0 Å². The molecule has 120 valence electrons. The SMILES string of the molecule is O=C(NCCN1CCCS1(=O)=O)C1CC2CCCCC2N1. The summed E-state index contributed by atoms with van der Waals surface area (Å²) < 4.78 is 24.8. The van der Waals surface area contributed by atoms with Crippen LogP contribution in [0.4, 0.5) is 0 Å². The van der Waals surface area contributed by atoms with E-state index in [1.807, 2.05) is 0 Å². The van der Waals surface area contributed by atoms with E-state index in [9.17, 15) is 13.2 Å². The van der Waals surface area contributed by atoms with Crippen molar-refractivity contribution in [1.82, 2.24) is 14.9 Å². The van der Waals surface area contributed by atoms with Crippen LogP contribution in [-0.2, 0) is 14.8 Å². The van der Waals surface area contributed by atoms with Crippen LogP contribution in [0, 0.1) is 5.92 Å². The maximum atomic E-state index is 12.2. The zero-order valence-electron chi connectivity index (χ0n) is 12.4. The number of hydrogen-bond acceptors (Lipinski definition) is 4. The number of hydrogen-bond donors (Lipinski definition) is 2. The van der Waals surface area contributed by atoms with Crippen molar-refractivity contribution in [2.45, 2.75) is 50.6 Å². The third kappa shape index (κ3) is 3.40. The van der Waals surface area contributed by atoms with Crippen LogP contribution in [-0.4, -0.2) is 56.1 Å². The first kappa shape index (κ1) is 15.2. The highest BCUT2D eigenvalue weighted by molar-refractivity contribution is 7.89. The average molecular weight is 315 g/mol. The summed E-state index contributed by atoms with van der Waals surface area (Å²) >= 11 is 0. The van der Waals surface area contributed by atoms with Crippen LogP contribution in [0.3, 0.4) is 0 Å². The second-order valence-electron chi connectivity index (χ2n) is 6.47. The number of sulfonamides is 1. The van der Waals surface area contributed by atoms with Crippen LogP contribution < -0.4 is 10.6 Å². The Hall–Kier alpha value is -0.660. The van der Waals surface area contributed by atoms with Gasteiger partial charge in [-0.3, -0.25) is 4.79 Å². The van der Waals surface area contributed by atoms with Crippen molar-refractivity contribution < 1.29 is 13.2 Å². The molecule has 3 atom stereocenters. The second kappa shape index (κ2) is 6.22. The molecular weight excluding hydrogens is 290 g/mol. The number of carbonyl (C=O) groups is 1. The Kier molecular flexibility index (Phi) is 4.51. The van der Waals surface area contributed by atoms with E-state index in [-0.39, 0.29) is 17.7 Å². The fraction of sp³-hybridized carbons (Fsp3) is 0.929. The monoisotopic (exact) mass is 315 g/mol. The molecule has 6 nitrogen and oxygen atoms in total. The van der Waals surface area contributed by atoms with E-state index in [0.29, 0.717) is 38.0 Å². The van der Waals surface area contributed by atoms with Gasteiger partial charge in [0.2, 0.25) is 15.9 Å². The standard InChI is InChI=1S/C14H25N3O3S/c18-14(13-10-11-4-1-2-5-12(11)16-13)15-6-8-17-7-3-9-21(17,19)20/h11-13,16H,1-10H2,(H,15,18). The van der Waals surface area contributed by atoms with Gasteiger partial charge >= 0.3 is 0 Å². The predicted octanol–water partition coefficient (Wildman–Crippen LogP) is 0.0588. The zero-order chi connectivity index (χ0) is 14.9. The lowest BCUT2D eigenvalue weighted by atomic mass is 9.85. The molecule has 1 aliphatic carbocycles. The summed E-state index contributed by atoms with van der Waals surface area (Å²) in [6, 6.07) is 0.418. The van der Waals surface area contributed by atoms with Gasteiger partial charge in [-0.05, 0) is 31.6 Å². The normalized spacial score (nSPS) is 35.5. The van der Waals surface area contributed by atoms with E-state index < -0.39 is 10.0 Å². The molecule has 2 N–H and O–H groups in total. The number of carbonyl (C=O) groups excluding carboxylic acids is 1. The van der Waals surface area contributed by atoms with E-state index in [1.165, 1.54) is 30.0 Å². The summed E-state index contributed by atoms with van der Waals surface area (Å²) in [6.07, 6.45) is 6.58. The van der Waals surface area contributed by atoms with Crippen molar-refractivity contribution >= 4 is 15.9 Å². The Bertz CT molecular complexity index is 480. The van der Waals surface area contributed by atoms with Gasteiger partial charge in [0.25, 0.3) is 0 Å². The summed E-state index contributed by atoms with van der Waals surface area (Å²) in [7, 11) is -3.05. The van der Waals surface area contributed by atoms with Crippen LogP contribution in [0.25, 0.3) is 0 Å². The second-order valence-corrected chi connectivity index (χ2v) is 8.55. The van der Waals surface area contributed by atoms with E-state index in [4.69, 9.17) is 0 Å². The molecule has 2 saturated heterocycles. The molecule has 0 bridgehead atoms. The minimum atomic E-state index is -3.05. The highest BCUT2D eigenvalue weighted by Gasteiger charge is 2.38. The summed E-state index contributed by atoms with van der Waals surface area (Å²) in [5.41, 5.74) is 0. The van der Waals surface area contributed by atoms with E-state index in [2.05, 4.69) is 10.6 Å². The van der Waals surface area contributed by atoms with Crippen LogP contribution in [0.2, 0.25) is 0 Å². The summed E-state index contributed by atoms with van der Waals surface area (Å²) in [5.74, 6) is 0.920. The minimum absolute atomic E-state index is 0.0287. The molecule has 0 aromatic heterocycles. The van der Waals surface area contributed by atoms with Crippen LogP contribution in [0.5, 0.6) is 0 Å². The van der Waals surface area contributed by atoms with Gasteiger partial charge < -0.3 is 10.6 Å². The van der Waals surface area contributed by atoms with E-state index in [1.54, 1.807) is 0 Å². The molecule has 1 saturated carbocycles. The van der Waals surface area contributed by atoms with Gasteiger partial charge in [0.15, 0.2) is 0 Å². The van der Waals surface area contributed by atoms with Crippen LogP contribution in [0.15, 0.2) is 0 Å². The summed E-state index contributed by atoms with van der Waals surface area (Å²) in [6.45, 7) is 1.39. The highest BCUT2D eigenvalue weighted by atomic mass is 32.2. The smallest absolute Gasteiger partial charge is 0.237 e. The molecule has 3 unspecified atom stereocenters. The third-order valence-electron chi connectivity index (χ3n) is 5.04. The molecule has 0 radical (unpaired) electrons. The average Bonchev–Trinajstić information content (AvgIpc) is 3.02. The van der Waals surface area contributed by atoms with Crippen LogP contribution >= 0.6 is 0 Å². The number of amides is 1. The van der Waals surface area contributed by atoms with Crippen molar-refractivity contribution in [2.75, 3.05) is 25.4 Å². The molecule has 0 aromatic carbocycles. The third-order valence-corrected chi connectivity index (χ3v) is 7.00. The molecule has 1 amide bonds. The quantitative estimate of drug-likeness (QED) is 0.769. The largest absolute Gasteiger partial charge is 0.353 e. The molecule has 3 fully saturated rings. The number of rotatable bonds is 4. The lowest BCUT2D eigenvalue weighted by Crippen LogP contribution is -2.45. The Labute approximate surface area is 126 Å². The zero-order valence-corrected chi connectivity index (χ0v) is 13.2. The van der Waals surface area contributed by atoms with Crippen molar-refractivity contribution in [3.63, 3.8) is 0 Å². The molecular formula is C14H25N3O3S. The molecule has 3 aliphatic rings. The van der Waals surface area contributed by atoms with Gasteiger partial charge in [-0.2, -0.15) is 0 Å². The van der Waals surface area contributed by atoms with Gasteiger partial charge in [0.1, 0.15) is 0 Å². The topological polar surface area (TPSA) is 78.5 Å². The maximum Gasteiger partial charge on any atom is 0.237 e. The first-order valence-electron chi connectivity index (χ1n) is 8.08. The number of nitrogens with one attached hydrogen (secondary N) is 2. The van der Waals surface area contributed by atoms with Crippen LogP contribution in [0.1, 0.15) is 38.5 Å². The van der Waals surface area contributed by atoms with Gasteiger partial charge in [0, 0.05) is 25.7 Å². The molecule has 7 heteroatoms. The molecule has 2 aliphatic heterocycles. The fourth-order valence-electron chi connectivity index (χ4n) is 3.89. The Morgan fingerprint density at radius 3 is 2.76 bits per heavy atom. The first-order chi connectivity index (χ1) is 10.1. The highest BCUT2D eigenvalue weighted by Crippen LogP contribution is 2.33. The minimum Gasteiger partial charge on any atom is -0.353 e. The Balaban J connectivity index is 1.43. The summed E-state index contributed by atoms with van der Waals surface area (Å²) in [4.78, 5) is 12.2. The lowest BCUT2D eigenvalue weighted by molar-refractivity contribution is -0.122. The molecule has 0 aromatic rings. The van der Waals surface area contributed by atoms with Gasteiger partial charge in [0.05, 0.1) is 11.8 Å². The Morgan fingerprint density at radius 1 is 1.24 bits per heavy atom. The molecule has 21 heavy (non-hydrogen) atoms. The molecule has 2 heterocycles. The molecule has 3 rings (SSSR count). The molecule has 0 spiro atoms. The van der Waals surface area contributed by atoms with Crippen molar-refractivity contribution in [3.05, 3.63) is 0 Å². The lowest BCUT2D eigenvalue weighted by Gasteiger charge is -2.24. The Morgan fingerprint density at radius 2 is 2.05 bits per heavy atom. The first-order valence-corrected chi connectivity index (χ1v) is 9.69. The van der Waals surface area contributed by atoms with Gasteiger partial charge in [-0.25, -0.2) is 12.7 Å². The number of nitrogens with zero attached hydrogens (tertiary/aromatic N) is 1. The summed E-state index contributed by atoms with van der Waals surface area (Å²) in [5, 5.41) is 6.33. The van der Waals surface area contributed by atoms with Crippen molar-refractivity contribution in [2.24, 2.45) is 5.92 Å². The predicted molar refractivity (Wildman–Crippen MR) is 80.3 cm³/mol. The van der Waals surface area contributed by atoms with Crippen molar-refractivity contribution in [1.29, 1.82) is 0 Å². The van der Waals surface area contributed by atoms with Gasteiger partial charge in [-0.1, -0.05) is 12.8 Å². The van der Waals surface area contributed by atoms with E-state index >= 15 is 0 Å². The maximum absolute atomic E-state index is 12.2.